The van der Waals surface area contributed by atoms with Gasteiger partial charge in [0.1, 0.15) is 11.6 Å². The predicted molar refractivity (Wildman–Crippen MR) is 76.9 cm³/mol. The van der Waals surface area contributed by atoms with E-state index in [0.717, 1.165) is 10.5 Å². The zero-order valence-corrected chi connectivity index (χ0v) is 11.6. The molecule has 2 aromatic carbocycles. The topological polar surface area (TPSA) is 29.1 Å². The minimum Gasteiger partial charge on any atom is -0.325 e. The Morgan fingerprint density at radius 1 is 1.10 bits per heavy atom. The lowest BCUT2D eigenvalue weighted by Crippen LogP contribution is -2.14. The number of anilines is 1. The van der Waals surface area contributed by atoms with Gasteiger partial charge in [0.05, 0.1) is 5.75 Å². The number of hydrogen-bond acceptors (Lipinski definition) is 2. The van der Waals surface area contributed by atoms with Crippen molar-refractivity contribution in [2.75, 3.05) is 11.1 Å². The number of carbonyl (C=O) groups excluding carboxylic acids is 1. The summed E-state index contributed by atoms with van der Waals surface area (Å²) in [6.45, 7) is 1.79. The van der Waals surface area contributed by atoms with Crippen LogP contribution in [0.2, 0.25) is 0 Å². The van der Waals surface area contributed by atoms with E-state index in [2.05, 4.69) is 5.32 Å². The smallest absolute Gasteiger partial charge is 0.234 e. The number of amides is 1. The summed E-state index contributed by atoms with van der Waals surface area (Å²) >= 11 is 1.29. The average molecular weight is 293 g/mol. The SMILES string of the molecule is Cc1ccc(F)cc1NC(=O)CSc1ccc(F)cc1. The zero-order valence-electron chi connectivity index (χ0n) is 10.8. The number of halogens is 2. The molecule has 5 heteroatoms. The van der Waals surface area contributed by atoms with Gasteiger partial charge in [-0.3, -0.25) is 4.79 Å². The minimum atomic E-state index is -0.392. The molecule has 1 N–H and O–H groups in total. The van der Waals surface area contributed by atoms with Gasteiger partial charge in [0, 0.05) is 10.6 Å². The molecule has 0 aliphatic carbocycles. The quantitative estimate of drug-likeness (QED) is 0.863. The minimum absolute atomic E-state index is 0.182. The molecular weight excluding hydrogens is 280 g/mol. The fraction of sp³-hybridized carbons (Fsp3) is 0.133. The Hall–Kier alpha value is -1.88. The molecule has 2 rings (SSSR count). The largest absolute Gasteiger partial charge is 0.325 e. The van der Waals surface area contributed by atoms with Crippen LogP contribution in [0, 0.1) is 18.6 Å². The van der Waals surface area contributed by atoms with Crippen LogP contribution in [0.3, 0.4) is 0 Å². The van der Waals surface area contributed by atoms with Gasteiger partial charge in [-0.15, -0.1) is 11.8 Å². The first kappa shape index (κ1) is 14.5. The molecule has 0 atom stereocenters. The highest BCUT2D eigenvalue weighted by molar-refractivity contribution is 8.00. The number of aryl methyl sites for hydroxylation is 1. The Kier molecular flexibility index (Phi) is 4.74. The Morgan fingerprint density at radius 2 is 1.75 bits per heavy atom. The summed E-state index contributed by atoms with van der Waals surface area (Å²) in [5.41, 5.74) is 1.27. The van der Waals surface area contributed by atoms with Gasteiger partial charge < -0.3 is 5.32 Å². The van der Waals surface area contributed by atoms with Gasteiger partial charge in [-0.25, -0.2) is 8.78 Å². The second-order valence-electron chi connectivity index (χ2n) is 4.25. The molecule has 0 spiro atoms. The number of thioether (sulfide) groups is 1. The first-order chi connectivity index (χ1) is 9.54. The molecule has 0 heterocycles. The molecule has 0 saturated heterocycles. The zero-order chi connectivity index (χ0) is 14.5. The molecule has 0 aliphatic heterocycles. The lowest BCUT2D eigenvalue weighted by Gasteiger charge is -2.08. The van der Waals surface area contributed by atoms with Crippen LogP contribution < -0.4 is 5.32 Å². The first-order valence-electron chi connectivity index (χ1n) is 5.99. The Morgan fingerprint density at radius 3 is 2.45 bits per heavy atom. The van der Waals surface area contributed by atoms with E-state index in [1.807, 2.05) is 0 Å². The van der Waals surface area contributed by atoms with E-state index >= 15 is 0 Å². The van der Waals surface area contributed by atoms with Crippen molar-refractivity contribution in [1.29, 1.82) is 0 Å². The number of hydrogen-bond donors (Lipinski definition) is 1. The number of carbonyl (C=O) groups is 1. The van der Waals surface area contributed by atoms with Crippen molar-refractivity contribution >= 4 is 23.4 Å². The maximum absolute atomic E-state index is 13.1. The van der Waals surface area contributed by atoms with Crippen LogP contribution in [-0.4, -0.2) is 11.7 Å². The Balaban J connectivity index is 1.92. The Labute approximate surface area is 120 Å². The van der Waals surface area contributed by atoms with E-state index in [0.29, 0.717) is 5.69 Å². The van der Waals surface area contributed by atoms with Crippen LogP contribution in [0.5, 0.6) is 0 Å². The van der Waals surface area contributed by atoms with Crippen molar-refractivity contribution in [3.8, 4) is 0 Å². The molecule has 0 fully saturated rings. The monoisotopic (exact) mass is 293 g/mol. The van der Waals surface area contributed by atoms with Crippen molar-refractivity contribution < 1.29 is 13.6 Å². The first-order valence-corrected chi connectivity index (χ1v) is 6.97. The van der Waals surface area contributed by atoms with Crippen LogP contribution in [0.25, 0.3) is 0 Å². The maximum Gasteiger partial charge on any atom is 0.234 e. The predicted octanol–water partition coefficient (Wildman–Crippen LogP) is 4.00. The van der Waals surface area contributed by atoms with Crippen LogP contribution in [0.15, 0.2) is 47.4 Å². The third-order valence-corrected chi connectivity index (χ3v) is 3.67. The molecule has 0 bridgehead atoms. The van der Waals surface area contributed by atoms with Gasteiger partial charge >= 0.3 is 0 Å². The number of rotatable bonds is 4. The van der Waals surface area contributed by atoms with Crippen LogP contribution >= 0.6 is 11.8 Å². The molecule has 1 amide bonds. The van der Waals surface area contributed by atoms with Gasteiger partial charge in [0.2, 0.25) is 5.91 Å². The third kappa shape index (κ3) is 4.06. The molecule has 2 nitrogen and oxygen atoms in total. The maximum atomic E-state index is 13.1. The van der Waals surface area contributed by atoms with Gasteiger partial charge in [0.25, 0.3) is 0 Å². The fourth-order valence-electron chi connectivity index (χ4n) is 1.59. The van der Waals surface area contributed by atoms with Gasteiger partial charge in [-0.1, -0.05) is 6.07 Å². The molecule has 0 aromatic heterocycles. The summed E-state index contributed by atoms with van der Waals surface area (Å²) in [5.74, 6) is -0.749. The normalized spacial score (nSPS) is 10.3. The highest BCUT2D eigenvalue weighted by atomic mass is 32.2. The number of benzene rings is 2. The molecule has 2 aromatic rings. The summed E-state index contributed by atoms with van der Waals surface area (Å²) in [7, 11) is 0. The van der Waals surface area contributed by atoms with E-state index in [-0.39, 0.29) is 17.5 Å². The van der Waals surface area contributed by atoms with Crippen molar-refractivity contribution in [3.63, 3.8) is 0 Å². The van der Waals surface area contributed by atoms with Crippen molar-refractivity contribution in [3.05, 3.63) is 59.7 Å². The number of nitrogens with one attached hydrogen (secondary N) is 1. The van der Waals surface area contributed by atoms with Crippen molar-refractivity contribution in [2.24, 2.45) is 0 Å². The molecule has 0 aliphatic rings. The summed E-state index contributed by atoms with van der Waals surface area (Å²) in [4.78, 5) is 12.6. The standard InChI is InChI=1S/C15H13F2NOS/c1-10-2-3-12(17)8-14(10)18-15(19)9-20-13-6-4-11(16)5-7-13/h2-8H,9H2,1H3,(H,18,19). The van der Waals surface area contributed by atoms with Gasteiger partial charge in [-0.2, -0.15) is 0 Å². The van der Waals surface area contributed by atoms with E-state index in [4.69, 9.17) is 0 Å². The summed E-state index contributed by atoms with van der Waals surface area (Å²) < 4.78 is 25.8. The second kappa shape index (κ2) is 6.52. The summed E-state index contributed by atoms with van der Waals surface area (Å²) in [6, 6.07) is 10.2. The molecule has 104 valence electrons. The van der Waals surface area contributed by atoms with E-state index in [9.17, 15) is 13.6 Å². The molecular formula is C15H13F2NOS. The highest BCUT2D eigenvalue weighted by Gasteiger charge is 2.07. The summed E-state index contributed by atoms with van der Waals surface area (Å²) in [6.07, 6.45) is 0. The van der Waals surface area contributed by atoms with Crippen molar-refractivity contribution in [2.45, 2.75) is 11.8 Å². The van der Waals surface area contributed by atoms with Crippen LogP contribution in [-0.2, 0) is 4.79 Å². The summed E-state index contributed by atoms with van der Waals surface area (Å²) in [5, 5.41) is 2.66. The third-order valence-electron chi connectivity index (χ3n) is 2.66. The van der Waals surface area contributed by atoms with E-state index < -0.39 is 5.82 Å². The average Bonchev–Trinajstić information content (AvgIpc) is 2.42. The lowest BCUT2D eigenvalue weighted by atomic mass is 10.2. The lowest BCUT2D eigenvalue weighted by molar-refractivity contribution is -0.113. The van der Waals surface area contributed by atoms with Gasteiger partial charge in [-0.05, 0) is 48.9 Å². The van der Waals surface area contributed by atoms with Crippen LogP contribution in [0.1, 0.15) is 5.56 Å². The fourth-order valence-corrected chi connectivity index (χ4v) is 2.29. The Bertz CT molecular complexity index is 614. The van der Waals surface area contributed by atoms with E-state index in [1.54, 1.807) is 25.1 Å². The second-order valence-corrected chi connectivity index (χ2v) is 5.30. The highest BCUT2D eigenvalue weighted by Crippen LogP contribution is 2.20. The molecule has 0 radical (unpaired) electrons. The molecule has 0 unspecified atom stereocenters. The van der Waals surface area contributed by atoms with E-state index in [1.165, 1.54) is 36.0 Å². The molecule has 20 heavy (non-hydrogen) atoms. The van der Waals surface area contributed by atoms with Crippen molar-refractivity contribution in [1.82, 2.24) is 0 Å². The van der Waals surface area contributed by atoms with Crippen LogP contribution in [0.4, 0.5) is 14.5 Å². The molecule has 0 saturated carbocycles. The van der Waals surface area contributed by atoms with Gasteiger partial charge in [0.15, 0.2) is 0 Å².